The Labute approximate surface area is 118 Å². The third kappa shape index (κ3) is 7.80. The van der Waals surface area contributed by atoms with E-state index in [-0.39, 0.29) is 5.60 Å². The van der Waals surface area contributed by atoms with Gasteiger partial charge < -0.3 is 9.47 Å². The van der Waals surface area contributed by atoms with E-state index in [1.165, 1.54) is 0 Å². The molecule has 18 heavy (non-hydrogen) atoms. The molecule has 0 unspecified atom stereocenters. The fraction of sp³-hybridized carbons (Fsp3) is 0.643. The van der Waals surface area contributed by atoms with Gasteiger partial charge in [-0.05, 0) is 61.2 Å². The molecule has 0 N–H and O–H groups in total. The Hall–Kier alpha value is -0.450. The highest BCUT2D eigenvalue weighted by Gasteiger charge is 2.08. The molecule has 3 nitrogen and oxygen atoms in total. The summed E-state index contributed by atoms with van der Waals surface area (Å²) < 4.78 is 12.1. The normalized spacial score (nSPS) is 11.8. The molecule has 0 amide bonds. The minimum absolute atomic E-state index is 0.0377. The lowest BCUT2D eigenvalue weighted by atomic mass is 10.2. The van der Waals surface area contributed by atoms with Gasteiger partial charge in [-0.3, -0.25) is 0 Å². The lowest BCUT2D eigenvalue weighted by molar-refractivity contribution is -0.00763. The van der Waals surface area contributed by atoms with Crippen LogP contribution in [0.15, 0.2) is 22.9 Å². The van der Waals surface area contributed by atoms with E-state index in [9.17, 15) is 0 Å². The second kappa shape index (κ2) is 7.87. The van der Waals surface area contributed by atoms with E-state index < -0.39 is 0 Å². The number of aromatic nitrogens is 1. The van der Waals surface area contributed by atoms with Crippen LogP contribution in [0.1, 0.15) is 39.2 Å². The van der Waals surface area contributed by atoms with Crippen molar-refractivity contribution in [3.8, 4) is 0 Å². The van der Waals surface area contributed by atoms with E-state index >= 15 is 0 Å². The zero-order chi connectivity index (χ0) is 13.4. The smallest absolute Gasteiger partial charge is 0.106 e. The van der Waals surface area contributed by atoms with Crippen LogP contribution < -0.4 is 0 Å². The Morgan fingerprint density at radius 2 is 1.89 bits per heavy atom. The first-order valence-electron chi connectivity index (χ1n) is 6.29. The van der Waals surface area contributed by atoms with Crippen LogP contribution in [0.5, 0.6) is 0 Å². The molecule has 0 saturated carbocycles. The Morgan fingerprint density at radius 3 is 2.50 bits per heavy atom. The van der Waals surface area contributed by atoms with Gasteiger partial charge in [-0.2, -0.15) is 0 Å². The summed E-state index contributed by atoms with van der Waals surface area (Å²) in [6, 6.07) is 3.94. The van der Waals surface area contributed by atoms with Crippen molar-refractivity contribution in [1.29, 1.82) is 0 Å². The van der Waals surface area contributed by atoms with Crippen LogP contribution in [-0.4, -0.2) is 23.8 Å². The molecule has 0 radical (unpaired) electrons. The first kappa shape index (κ1) is 15.6. The van der Waals surface area contributed by atoms with Crippen molar-refractivity contribution in [1.82, 2.24) is 4.98 Å². The summed E-state index contributed by atoms with van der Waals surface area (Å²) in [5, 5.41) is 0. The van der Waals surface area contributed by atoms with Gasteiger partial charge in [-0.1, -0.05) is 6.07 Å². The van der Waals surface area contributed by atoms with Crippen molar-refractivity contribution < 1.29 is 9.47 Å². The van der Waals surface area contributed by atoms with Crippen LogP contribution in [0.4, 0.5) is 0 Å². The highest BCUT2D eigenvalue weighted by Crippen LogP contribution is 2.09. The number of nitrogens with zero attached hydrogens (tertiary/aromatic N) is 1. The molecule has 0 aliphatic carbocycles. The van der Waals surface area contributed by atoms with Crippen molar-refractivity contribution in [3.05, 3.63) is 28.5 Å². The predicted octanol–water partition coefficient (Wildman–Crippen LogP) is 3.96. The zero-order valence-corrected chi connectivity index (χ0v) is 13.0. The van der Waals surface area contributed by atoms with Crippen LogP contribution in [0.2, 0.25) is 0 Å². The summed E-state index contributed by atoms with van der Waals surface area (Å²) in [5.74, 6) is 0. The van der Waals surface area contributed by atoms with E-state index in [4.69, 9.17) is 9.47 Å². The van der Waals surface area contributed by atoms with E-state index in [0.717, 1.165) is 36.2 Å². The lowest BCUT2D eigenvalue weighted by Gasteiger charge is -2.19. The minimum Gasteiger partial charge on any atom is -0.377 e. The van der Waals surface area contributed by atoms with Gasteiger partial charge in [0.1, 0.15) is 4.60 Å². The Balaban J connectivity index is 2.00. The quantitative estimate of drug-likeness (QED) is 0.564. The molecule has 1 aromatic heterocycles. The van der Waals surface area contributed by atoms with Gasteiger partial charge in [0.25, 0.3) is 0 Å². The second-order valence-electron chi connectivity index (χ2n) is 5.21. The number of hydrogen-bond acceptors (Lipinski definition) is 3. The molecule has 0 fully saturated rings. The molecule has 102 valence electrons. The molecular formula is C14H22BrNO2. The van der Waals surface area contributed by atoms with Gasteiger partial charge in [0.05, 0.1) is 12.2 Å². The lowest BCUT2D eigenvalue weighted by Crippen LogP contribution is -2.19. The third-order valence-electron chi connectivity index (χ3n) is 2.28. The molecule has 1 rings (SSSR count). The highest BCUT2D eigenvalue weighted by atomic mass is 79.9. The Morgan fingerprint density at radius 1 is 1.17 bits per heavy atom. The van der Waals surface area contributed by atoms with Gasteiger partial charge >= 0.3 is 0 Å². The maximum Gasteiger partial charge on any atom is 0.106 e. The molecule has 4 heteroatoms. The molecule has 0 aliphatic heterocycles. The average Bonchev–Trinajstić information content (AvgIpc) is 2.29. The van der Waals surface area contributed by atoms with Crippen molar-refractivity contribution >= 4 is 15.9 Å². The summed E-state index contributed by atoms with van der Waals surface area (Å²) in [6.45, 7) is 8.41. The monoisotopic (exact) mass is 315 g/mol. The fourth-order valence-corrected chi connectivity index (χ4v) is 1.60. The maximum absolute atomic E-state index is 5.64. The summed E-state index contributed by atoms with van der Waals surface area (Å²) in [5.41, 5.74) is 1.06. The molecule has 0 aliphatic rings. The van der Waals surface area contributed by atoms with Crippen LogP contribution in [-0.2, 0) is 16.1 Å². The summed E-state index contributed by atoms with van der Waals surface area (Å²) >= 11 is 3.31. The summed E-state index contributed by atoms with van der Waals surface area (Å²) in [7, 11) is 0. The van der Waals surface area contributed by atoms with Gasteiger partial charge in [0.15, 0.2) is 0 Å². The molecular weight excluding hydrogens is 294 g/mol. The molecule has 0 spiro atoms. The second-order valence-corrected chi connectivity index (χ2v) is 6.02. The fourth-order valence-electron chi connectivity index (χ4n) is 1.37. The Kier molecular flexibility index (Phi) is 6.82. The molecule has 0 saturated heterocycles. The molecule has 1 aromatic rings. The van der Waals surface area contributed by atoms with Crippen molar-refractivity contribution in [3.63, 3.8) is 0 Å². The zero-order valence-electron chi connectivity index (χ0n) is 11.4. The largest absolute Gasteiger partial charge is 0.377 e. The molecule has 1 heterocycles. The van der Waals surface area contributed by atoms with Crippen LogP contribution in [0.25, 0.3) is 0 Å². The first-order valence-corrected chi connectivity index (χ1v) is 7.09. The van der Waals surface area contributed by atoms with Gasteiger partial charge in [0.2, 0.25) is 0 Å². The van der Waals surface area contributed by atoms with Crippen molar-refractivity contribution in [2.24, 2.45) is 0 Å². The topological polar surface area (TPSA) is 31.4 Å². The predicted molar refractivity (Wildman–Crippen MR) is 76.5 cm³/mol. The standard InChI is InChI=1S/C14H22BrNO2/c1-14(2,3)18-9-5-4-8-17-11-12-6-7-13(15)16-10-12/h6-7,10H,4-5,8-9,11H2,1-3H3. The average molecular weight is 316 g/mol. The highest BCUT2D eigenvalue weighted by molar-refractivity contribution is 9.10. The third-order valence-corrected chi connectivity index (χ3v) is 2.74. The van der Waals surface area contributed by atoms with Crippen LogP contribution in [0, 0.1) is 0 Å². The van der Waals surface area contributed by atoms with E-state index in [1.807, 2.05) is 18.3 Å². The first-order chi connectivity index (χ1) is 8.47. The number of ether oxygens (including phenoxy) is 2. The number of hydrogen-bond donors (Lipinski definition) is 0. The SMILES string of the molecule is CC(C)(C)OCCCCOCc1ccc(Br)nc1. The minimum atomic E-state index is -0.0377. The number of pyridine rings is 1. The van der Waals surface area contributed by atoms with Gasteiger partial charge in [-0.15, -0.1) is 0 Å². The molecule has 0 atom stereocenters. The van der Waals surface area contributed by atoms with Crippen LogP contribution in [0.3, 0.4) is 0 Å². The van der Waals surface area contributed by atoms with Crippen molar-refractivity contribution in [2.75, 3.05) is 13.2 Å². The van der Waals surface area contributed by atoms with E-state index in [1.54, 1.807) is 0 Å². The van der Waals surface area contributed by atoms with Gasteiger partial charge in [0, 0.05) is 19.4 Å². The summed E-state index contributed by atoms with van der Waals surface area (Å²) in [6.07, 6.45) is 3.89. The van der Waals surface area contributed by atoms with Gasteiger partial charge in [-0.25, -0.2) is 4.98 Å². The number of halogens is 1. The number of rotatable bonds is 7. The molecule has 0 aromatic carbocycles. The van der Waals surface area contributed by atoms with Crippen molar-refractivity contribution in [2.45, 2.75) is 45.8 Å². The Bertz CT molecular complexity index is 333. The summed E-state index contributed by atoms with van der Waals surface area (Å²) in [4.78, 5) is 4.15. The van der Waals surface area contributed by atoms with E-state index in [0.29, 0.717) is 6.61 Å². The molecule has 0 bridgehead atoms. The maximum atomic E-state index is 5.64. The van der Waals surface area contributed by atoms with Crippen LogP contribution >= 0.6 is 15.9 Å². The number of unbranched alkanes of at least 4 members (excludes halogenated alkanes) is 1. The van der Waals surface area contributed by atoms with E-state index in [2.05, 4.69) is 41.7 Å².